The Morgan fingerprint density at radius 3 is 2.85 bits per heavy atom. The van der Waals surface area contributed by atoms with Crippen molar-refractivity contribution in [2.75, 3.05) is 6.61 Å². The van der Waals surface area contributed by atoms with Gasteiger partial charge in [-0.05, 0) is 37.5 Å². The lowest BCUT2D eigenvalue weighted by Crippen LogP contribution is -2.28. The maximum atomic E-state index is 11.9. The lowest BCUT2D eigenvalue weighted by atomic mass is 10.1. The largest absolute Gasteiger partial charge is 0.494 e. The van der Waals surface area contributed by atoms with Gasteiger partial charge in [-0.1, -0.05) is 25.5 Å². The van der Waals surface area contributed by atoms with Crippen LogP contribution >= 0.6 is 0 Å². The van der Waals surface area contributed by atoms with Crippen molar-refractivity contribution in [2.45, 2.75) is 39.5 Å². The van der Waals surface area contributed by atoms with Crippen molar-refractivity contribution in [2.24, 2.45) is 5.10 Å². The van der Waals surface area contributed by atoms with Gasteiger partial charge in [-0.2, -0.15) is 5.10 Å². The smallest absolute Gasteiger partial charge is 0.325 e. The number of unbranched alkanes of at least 4 members (excludes halogenated alkanes) is 1. The number of hydrogen-bond acceptors (Lipinski definition) is 5. The van der Waals surface area contributed by atoms with E-state index in [2.05, 4.69) is 27.4 Å². The summed E-state index contributed by atoms with van der Waals surface area (Å²) in [7, 11) is 0. The molecule has 27 heavy (non-hydrogen) atoms. The molecular weight excluding hydrogens is 348 g/mol. The number of hydrazone groups is 1. The first-order chi connectivity index (χ1) is 13.0. The van der Waals surface area contributed by atoms with Gasteiger partial charge in [0.1, 0.15) is 5.75 Å². The van der Waals surface area contributed by atoms with Crippen LogP contribution in [0.15, 0.2) is 39.0 Å². The van der Waals surface area contributed by atoms with E-state index >= 15 is 0 Å². The summed E-state index contributed by atoms with van der Waals surface area (Å²) in [6.07, 6.45) is 3.87. The molecule has 1 heterocycles. The predicted octanol–water partition coefficient (Wildman–Crippen LogP) is 1.63. The number of rotatable bonds is 9. The maximum Gasteiger partial charge on any atom is 0.325 e. The van der Waals surface area contributed by atoms with E-state index in [1.165, 1.54) is 6.21 Å². The van der Waals surface area contributed by atoms with Crippen LogP contribution in [0, 0.1) is 6.92 Å². The van der Waals surface area contributed by atoms with Crippen molar-refractivity contribution < 1.29 is 9.53 Å². The first-order valence-corrected chi connectivity index (χ1v) is 8.86. The monoisotopic (exact) mass is 372 g/mol. The molecule has 0 atom stereocenters. The summed E-state index contributed by atoms with van der Waals surface area (Å²) in [5.74, 6) is 0.429. The van der Waals surface area contributed by atoms with E-state index in [-0.39, 0.29) is 18.7 Å². The first-order valence-electron chi connectivity index (χ1n) is 8.86. The van der Waals surface area contributed by atoms with Crippen LogP contribution in [0.2, 0.25) is 0 Å². The van der Waals surface area contributed by atoms with Gasteiger partial charge in [0.25, 0.3) is 5.56 Å². The molecule has 0 spiro atoms. The number of aromatic amines is 2. The number of aromatic nitrogens is 2. The zero-order chi connectivity index (χ0) is 19.6. The van der Waals surface area contributed by atoms with Gasteiger partial charge in [0, 0.05) is 17.7 Å². The van der Waals surface area contributed by atoms with Gasteiger partial charge in [0.15, 0.2) is 0 Å². The fraction of sp³-hybridized carbons (Fsp3) is 0.368. The van der Waals surface area contributed by atoms with E-state index in [0.717, 1.165) is 24.2 Å². The van der Waals surface area contributed by atoms with Gasteiger partial charge >= 0.3 is 5.69 Å². The van der Waals surface area contributed by atoms with Gasteiger partial charge in [0.2, 0.25) is 5.91 Å². The number of hydrogen-bond donors (Lipinski definition) is 3. The molecule has 0 fully saturated rings. The summed E-state index contributed by atoms with van der Waals surface area (Å²) in [6, 6.07) is 7.42. The third-order valence-corrected chi connectivity index (χ3v) is 3.88. The Morgan fingerprint density at radius 1 is 1.30 bits per heavy atom. The van der Waals surface area contributed by atoms with Crippen LogP contribution in [-0.4, -0.2) is 28.7 Å². The van der Waals surface area contributed by atoms with Gasteiger partial charge < -0.3 is 9.72 Å². The number of benzene rings is 1. The second kappa shape index (κ2) is 10.1. The van der Waals surface area contributed by atoms with Crippen LogP contribution in [0.1, 0.15) is 43.0 Å². The van der Waals surface area contributed by atoms with Crippen LogP contribution in [-0.2, 0) is 11.2 Å². The highest BCUT2D eigenvalue weighted by atomic mass is 16.5. The Hall–Kier alpha value is -3.16. The molecule has 0 aliphatic heterocycles. The summed E-state index contributed by atoms with van der Waals surface area (Å²) in [4.78, 5) is 39.5. The number of ether oxygens (including phenoxy) is 1. The second-order valence-electron chi connectivity index (χ2n) is 6.08. The van der Waals surface area contributed by atoms with Gasteiger partial charge in [-0.15, -0.1) is 0 Å². The number of carbonyl (C=O) groups is 1. The van der Waals surface area contributed by atoms with Crippen LogP contribution in [0.25, 0.3) is 0 Å². The van der Waals surface area contributed by atoms with Crippen LogP contribution in [0.5, 0.6) is 5.75 Å². The van der Waals surface area contributed by atoms with Crippen LogP contribution in [0.3, 0.4) is 0 Å². The summed E-state index contributed by atoms with van der Waals surface area (Å²) < 4.78 is 5.63. The molecule has 0 saturated heterocycles. The average molecular weight is 372 g/mol. The van der Waals surface area contributed by atoms with Crippen molar-refractivity contribution in [1.82, 2.24) is 15.4 Å². The molecule has 0 aliphatic rings. The molecular formula is C19H24N4O4. The number of aryl methyl sites for hydroxylation is 1. The third kappa shape index (κ3) is 6.58. The standard InChI is InChI=1S/C19H24N4O4/c1-3-4-10-27-15-7-5-6-14(11-15)12-20-23-17(24)9-8-16-13(2)21-19(26)22-18(16)25/h5-7,11-12H,3-4,8-10H2,1-2H3,(H,23,24)(H2,21,22,25,26)/b20-12+. The number of carbonyl (C=O) groups excluding carboxylic acids is 1. The van der Waals surface area contributed by atoms with Crippen molar-refractivity contribution >= 4 is 12.1 Å². The lowest BCUT2D eigenvalue weighted by Gasteiger charge is -2.05. The SMILES string of the molecule is CCCCOc1cccc(/C=N/NC(=O)CCc2c(C)[nH]c(=O)[nH]c2=O)c1. The lowest BCUT2D eigenvalue weighted by molar-refractivity contribution is -0.121. The molecule has 8 heteroatoms. The van der Waals surface area contributed by atoms with Gasteiger partial charge in [0.05, 0.1) is 12.8 Å². The van der Waals surface area contributed by atoms with E-state index in [4.69, 9.17) is 4.74 Å². The highest BCUT2D eigenvalue weighted by Gasteiger charge is 2.08. The first kappa shape index (κ1) is 20.2. The number of nitrogens with zero attached hydrogens (tertiary/aromatic N) is 1. The highest BCUT2D eigenvalue weighted by molar-refractivity contribution is 5.82. The van der Waals surface area contributed by atoms with Crippen LogP contribution < -0.4 is 21.4 Å². The van der Waals surface area contributed by atoms with E-state index in [1.54, 1.807) is 6.92 Å². The minimum absolute atomic E-state index is 0.0769. The fourth-order valence-electron chi connectivity index (χ4n) is 2.42. The van der Waals surface area contributed by atoms with Crippen LogP contribution in [0.4, 0.5) is 0 Å². The number of H-pyrrole nitrogens is 2. The van der Waals surface area contributed by atoms with E-state index in [1.807, 2.05) is 24.3 Å². The molecule has 0 radical (unpaired) electrons. The molecule has 1 amide bonds. The number of nitrogens with one attached hydrogen (secondary N) is 3. The Bertz CT molecular complexity index is 914. The van der Waals surface area contributed by atoms with Gasteiger partial charge in [-0.25, -0.2) is 10.2 Å². The average Bonchev–Trinajstić information content (AvgIpc) is 2.61. The molecule has 0 bridgehead atoms. The fourth-order valence-corrected chi connectivity index (χ4v) is 2.42. The van der Waals surface area contributed by atoms with E-state index in [9.17, 15) is 14.4 Å². The zero-order valence-corrected chi connectivity index (χ0v) is 15.5. The van der Waals surface area contributed by atoms with E-state index < -0.39 is 11.2 Å². The minimum Gasteiger partial charge on any atom is -0.494 e. The minimum atomic E-state index is -0.559. The summed E-state index contributed by atoms with van der Waals surface area (Å²) in [5, 5.41) is 3.93. The molecule has 1 aromatic carbocycles. The number of amides is 1. The molecule has 2 aromatic rings. The maximum absolute atomic E-state index is 11.9. The Morgan fingerprint density at radius 2 is 2.11 bits per heavy atom. The summed E-state index contributed by atoms with van der Waals surface area (Å²) in [5.41, 5.74) is 3.03. The molecule has 0 aliphatic carbocycles. The van der Waals surface area contributed by atoms with Crippen molar-refractivity contribution in [3.8, 4) is 5.75 Å². The van der Waals surface area contributed by atoms with Crippen molar-refractivity contribution in [1.29, 1.82) is 0 Å². The van der Waals surface area contributed by atoms with Crippen molar-refractivity contribution in [3.63, 3.8) is 0 Å². The Kier molecular flexibility index (Phi) is 7.54. The Labute approximate surface area is 156 Å². The molecule has 0 unspecified atom stereocenters. The van der Waals surface area contributed by atoms with Crippen molar-refractivity contribution in [3.05, 3.63) is 61.9 Å². The van der Waals surface area contributed by atoms with E-state index in [0.29, 0.717) is 17.9 Å². The molecule has 3 N–H and O–H groups in total. The quantitative estimate of drug-likeness (QED) is 0.352. The molecule has 144 valence electrons. The molecule has 8 nitrogen and oxygen atoms in total. The summed E-state index contributed by atoms with van der Waals surface area (Å²) >= 11 is 0. The third-order valence-electron chi connectivity index (χ3n) is 3.88. The molecule has 2 rings (SSSR count). The topological polar surface area (TPSA) is 116 Å². The molecule has 0 saturated carbocycles. The predicted molar refractivity (Wildman–Crippen MR) is 103 cm³/mol. The highest BCUT2D eigenvalue weighted by Crippen LogP contribution is 2.12. The zero-order valence-electron chi connectivity index (χ0n) is 15.5. The normalized spacial score (nSPS) is 10.9. The molecule has 1 aromatic heterocycles. The summed E-state index contributed by atoms with van der Waals surface area (Å²) in [6.45, 7) is 4.39. The van der Waals surface area contributed by atoms with Gasteiger partial charge in [-0.3, -0.25) is 14.6 Å². The Balaban J connectivity index is 1.86. The second-order valence-corrected chi connectivity index (χ2v) is 6.08.